The van der Waals surface area contributed by atoms with Gasteiger partial charge in [-0.2, -0.15) is 9.50 Å². The van der Waals surface area contributed by atoms with Crippen LogP contribution in [-0.4, -0.2) is 30.4 Å². The quantitative estimate of drug-likeness (QED) is 0.374. The number of nitrogens with one attached hydrogen (secondary N) is 2. The third-order valence-corrected chi connectivity index (χ3v) is 4.91. The molecule has 4 rings (SSSR count). The molecule has 0 aliphatic carbocycles. The van der Waals surface area contributed by atoms with Crippen molar-refractivity contribution in [2.24, 2.45) is 0 Å². The second-order valence-electron chi connectivity index (χ2n) is 8.28. The summed E-state index contributed by atoms with van der Waals surface area (Å²) in [6.07, 6.45) is 0. The van der Waals surface area contributed by atoms with Crippen LogP contribution < -0.4 is 10.9 Å². The van der Waals surface area contributed by atoms with Crippen LogP contribution in [0, 0.1) is 10.1 Å². The van der Waals surface area contributed by atoms with Crippen molar-refractivity contribution in [1.29, 1.82) is 0 Å². The summed E-state index contributed by atoms with van der Waals surface area (Å²) in [6.45, 7) is 6.35. The van der Waals surface area contributed by atoms with Gasteiger partial charge in [0.25, 0.3) is 17.2 Å². The highest BCUT2D eigenvalue weighted by atomic mass is 16.6. The number of H-pyrrole nitrogens is 1. The van der Waals surface area contributed by atoms with E-state index in [-0.39, 0.29) is 28.3 Å². The third-order valence-electron chi connectivity index (χ3n) is 4.91. The standard InChI is InChI=1S/C22H20N6O4/c1-22(2,3)15-9-7-13(8-10-15)19-25-21-24-18(29)12-17(27(21)26-19)23-20(30)14-5-4-6-16(11-14)28(31)32/h4-12H,1-3H3,(H,23,30)(H,24,25,26,29). The maximum absolute atomic E-state index is 12.6. The Kier molecular flexibility index (Phi) is 5.05. The first-order chi connectivity index (χ1) is 15.1. The molecule has 0 atom stereocenters. The first kappa shape index (κ1) is 20.9. The summed E-state index contributed by atoms with van der Waals surface area (Å²) in [7, 11) is 0. The Labute approximate surface area is 182 Å². The molecule has 0 unspecified atom stereocenters. The van der Waals surface area contributed by atoms with Crippen LogP contribution in [0.5, 0.6) is 0 Å². The number of nitro groups is 1. The molecule has 2 aromatic carbocycles. The highest BCUT2D eigenvalue weighted by Gasteiger charge is 2.17. The first-order valence-electron chi connectivity index (χ1n) is 9.79. The number of amides is 1. The average molecular weight is 432 g/mol. The van der Waals surface area contributed by atoms with E-state index in [4.69, 9.17) is 0 Å². The number of nitro benzene ring substituents is 1. The van der Waals surface area contributed by atoms with Gasteiger partial charge < -0.3 is 5.32 Å². The Balaban J connectivity index is 1.69. The van der Waals surface area contributed by atoms with Crippen LogP contribution in [0.15, 0.2) is 59.4 Å². The number of hydrogen-bond acceptors (Lipinski definition) is 6. The van der Waals surface area contributed by atoms with Gasteiger partial charge in [0, 0.05) is 29.3 Å². The van der Waals surface area contributed by atoms with Crippen LogP contribution in [0.1, 0.15) is 36.7 Å². The predicted molar refractivity (Wildman–Crippen MR) is 119 cm³/mol. The van der Waals surface area contributed by atoms with Crippen LogP contribution in [0.2, 0.25) is 0 Å². The van der Waals surface area contributed by atoms with Gasteiger partial charge in [-0.1, -0.05) is 51.1 Å². The minimum Gasteiger partial charge on any atom is -0.306 e. The number of benzene rings is 2. The lowest BCUT2D eigenvalue weighted by atomic mass is 9.87. The minimum atomic E-state index is -0.618. The molecule has 2 heterocycles. The highest BCUT2D eigenvalue weighted by Crippen LogP contribution is 2.25. The summed E-state index contributed by atoms with van der Waals surface area (Å²) < 4.78 is 1.31. The summed E-state index contributed by atoms with van der Waals surface area (Å²) in [5.74, 6) is -0.00241. The van der Waals surface area contributed by atoms with Crippen LogP contribution >= 0.6 is 0 Å². The number of non-ortho nitro benzene ring substituents is 1. The van der Waals surface area contributed by atoms with E-state index in [1.807, 2.05) is 24.3 Å². The number of hydrogen-bond donors (Lipinski definition) is 2. The molecule has 0 radical (unpaired) electrons. The van der Waals surface area contributed by atoms with Crippen LogP contribution in [0.4, 0.5) is 11.5 Å². The molecule has 10 nitrogen and oxygen atoms in total. The minimum absolute atomic E-state index is 0.0000705. The summed E-state index contributed by atoms with van der Waals surface area (Å²) >= 11 is 0. The predicted octanol–water partition coefficient (Wildman–Crippen LogP) is 3.54. The normalized spacial score (nSPS) is 11.5. The number of fused-ring (bicyclic) bond motifs is 1. The third kappa shape index (κ3) is 4.10. The molecular formula is C22H20N6O4. The second kappa shape index (κ2) is 7.73. The molecule has 0 saturated carbocycles. The Hall–Kier alpha value is -4.34. The van der Waals surface area contributed by atoms with Crippen molar-refractivity contribution >= 4 is 23.2 Å². The van der Waals surface area contributed by atoms with E-state index < -0.39 is 16.4 Å². The van der Waals surface area contributed by atoms with Crippen molar-refractivity contribution in [3.05, 3.63) is 86.2 Å². The fourth-order valence-electron chi connectivity index (χ4n) is 3.17. The molecule has 0 aliphatic rings. The molecule has 0 aliphatic heterocycles. The Morgan fingerprint density at radius 2 is 1.84 bits per heavy atom. The number of carbonyl (C=O) groups is 1. The summed E-state index contributed by atoms with van der Waals surface area (Å²) in [5.41, 5.74) is 1.29. The van der Waals surface area contributed by atoms with Gasteiger partial charge in [0.2, 0.25) is 5.78 Å². The maximum atomic E-state index is 12.6. The Bertz CT molecular complexity index is 1400. The summed E-state index contributed by atoms with van der Waals surface area (Å²) in [6, 6.07) is 14.3. The summed E-state index contributed by atoms with van der Waals surface area (Å²) in [5, 5.41) is 18.0. The van der Waals surface area contributed by atoms with E-state index in [0.717, 1.165) is 17.2 Å². The molecule has 32 heavy (non-hydrogen) atoms. The van der Waals surface area contributed by atoms with Crippen molar-refractivity contribution in [2.75, 3.05) is 5.32 Å². The van der Waals surface area contributed by atoms with Gasteiger partial charge in [0.1, 0.15) is 5.82 Å². The number of aromatic nitrogens is 4. The van der Waals surface area contributed by atoms with E-state index >= 15 is 0 Å². The number of nitrogens with zero attached hydrogens (tertiary/aromatic N) is 4. The molecule has 10 heteroatoms. The van der Waals surface area contributed by atoms with Crippen LogP contribution in [-0.2, 0) is 5.41 Å². The highest BCUT2D eigenvalue weighted by molar-refractivity contribution is 6.04. The lowest BCUT2D eigenvalue weighted by Gasteiger charge is -2.18. The van der Waals surface area contributed by atoms with E-state index in [1.54, 1.807) is 0 Å². The molecular weight excluding hydrogens is 412 g/mol. The molecule has 2 N–H and O–H groups in total. The molecule has 1 amide bonds. The monoisotopic (exact) mass is 432 g/mol. The van der Waals surface area contributed by atoms with Crippen molar-refractivity contribution < 1.29 is 9.72 Å². The Morgan fingerprint density at radius 1 is 1.12 bits per heavy atom. The van der Waals surface area contributed by atoms with E-state index in [9.17, 15) is 19.7 Å². The van der Waals surface area contributed by atoms with Gasteiger partial charge in [-0.15, -0.1) is 5.10 Å². The van der Waals surface area contributed by atoms with Gasteiger partial charge in [-0.05, 0) is 17.0 Å². The van der Waals surface area contributed by atoms with Gasteiger partial charge >= 0.3 is 0 Å². The molecule has 0 fully saturated rings. The van der Waals surface area contributed by atoms with Crippen molar-refractivity contribution in [3.63, 3.8) is 0 Å². The SMILES string of the molecule is CC(C)(C)c1ccc(-c2nc3[nH]c(=O)cc(NC(=O)c4cccc([N+](=O)[O-])c4)n3n2)cc1. The number of carbonyl (C=O) groups excluding carboxylic acids is 1. The smallest absolute Gasteiger partial charge is 0.270 e. The van der Waals surface area contributed by atoms with Gasteiger partial charge in [0.15, 0.2) is 5.82 Å². The Morgan fingerprint density at radius 3 is 2.50 bits per heavy atom. The molecule has 0 bridgehead atoms. The fourth-order valence-corrected chi connectivity index (χ4v) is 3.17. The van der Waals surface area contributed by atoms with Crippen LogP contribution in [0.3, 0.4) is 0 Å². The zero-order chi connectivity index (χ0) is 23.0. The second-order valence-corrected chi connectivity index (χ2v) is 8.28. The molecule has 2 aromatic heterocycles. The van der Waals surface area contributed by atoms with Crippen molar-refractivity contribution in [3.8, 4) is 11.4 Å². The number of rotatable bonds is 4. The van der Waals surface area contributed by atoms with Crippen LogP contribution in [0.25, 0.3) is 17.2 Å². The largest absolute Gasteiger partial charge is 0.306 e. The fraction of sp³-hybridized carbons (Fsp3) is 0.182. The zero-order valence-corrected chi connectivity index (χ0v) is 17.6. The van der Waals surface area contributed by atoms with Gasteiger partial charge in [0.05, 0.1) is 4.92 Å². The average Bonchev–Trinajstić information content (AvgIpc) is 3.17. The molecule has 0 spiro atoms. The number of anilines is 1. The molecule has 162 valence electrons. The van der Waals surface area contributed by atoms with Crippen molar-refractivity contribution in [1.82, 2.24) is 19.6 Å². The summed E-state index contributed by atoms with van der Waals surface area (Å²) in [4.78, 5) is 42.1. The molecule has 0 saturated heterocycles. The maximum Gasteiger partial charge on any atom is 0.270 e. The van der Waals surface area contributed by atoms with Gasteiger partial charge in [-0.25, -0.2) is 0 Å². The van der Waals surface area contributed by atoms with E-state index in [1.165, 1.54) is 28.8 Å². The van der Waals surface area contributed by atoms with Gasteiger partial charge in [-0.3, -0.25) is 24.7 Å². The van der Waals surface area contributed by atoms with Crippen molar-refractivity contribution in [2.45, 2.75) is 26.2 Å². The topological polar surface area (TPSA) is 135 Å². The van der Waals surface area contributed by atoms with E-state index in [0.29, 0.717) is 5.82 Å². The lowest BCUT2D eigenvalue weighted by Crippen LogP contribution is -2.18. The number of aromatic amines is 1. The zero-order valence-electron chi connectivity index (χ0n) is 17.6. The lowest BCUT2D eigenvalue weighted by molar-refractivity contribution is -0.384. The first-order valence-corrected chi connectivity index (χ1v) is 9.79. The van der Waals surface area contributed by atoms with E-state index in [2.05, 4.69) is 41.2 Å². The molecule has 4 aromatic rings.